The monoisotopic (exact) mass is 222 g/mol. The fourth-order valence-corrected chi connectivity index (χ4v) is 1.25. The Bertz CT molecular complexity index is 712. The molecule has 0 N–H and O–H groups in total. The highest BCUT2D eigenvalue weighted by Gasteiger charge is 2.21. The first-order valence-corrected chi connectivity index (χ1v) is 4.43. The minimum Gasteiger partial charge on any atom is -0.465 e. The third kappa shape index (κ3) is 1.69. The van der Waals surface area contributed by atoms with Crippen molar-refractivity contribution in [1.82, 2.24) is 5.16 Å². The molecule has 1 aromatic heterocycles. The van der Waals surface area contributed by atoms with E-state index < -0.39 is 36.2 Å². The predicted octanol–water partition coefficient (Wildman–Crippen LogP) is 2.44. The van der Waals surface area contributed by atoms with Crippen molar-refractivity contribution in [2.45, 2.75) is 6.92 Å². The summed E-state index contributed by atoms with van der Waals surface area (Å²) in [6.45, 7) is 1.47. The van der Waals surface area contributed by atoms with E-state index in [2.05, 4.69) is 9.89 Å². The lowest BCUT2D eigenvalue weighted by Crippen LogP contribution is -2.03. The molecule has 0 unspecified atom stereocenters. The minimum atomic E-state index is -0.754. The number of benzene rings is 1. The molecule has 0 saturated heterocycles. The lowest BCUT2D eigenvalue weighted by Gasteiger charge is -1.99. The number of carbonyl (C=O) groups excluding carboxylic acids is 1. The fraction of sp³-hybridized carbons (Fsp3) is 0.167. The van der Waals surface area contributed by atoms with E-state index in [1.54, 1.807) is 0 Å². The second-order valence-corrected chi connectivity index (χ2v) is 2.95. The molecule has 0 aliphatic carbocycles. The Morgan fingerprint density at radius 1 is 1.44 bits per heavy atom. The molecule has 0 radical (unpaired) electrons. The summed E-state index contributed by atoms with van der Waals surface area (Å²) in [5.41, 5.74) is -0.384. The van der Waals surface area contributed by atoms with Gasteiger partial charge in [0.1, 0.15) is 17.0 Å². The molecule has 2 aromatic rings. The van der Waals surface area contributed by atoms with Gasteiger partial charge in [0.15, 0.2) is 0 Å². The molecule has 0 fully saturated rings. The van der Waals surface area contributed by atoms with Gasteiger partial charge in [-0.15, -0.1) is 0 Å². The van der Waals surface area contributed by atoms with Crippen LogP contribution in [0.2, 0.25) is 0 Å². The Morgan fingerprint density at radius 2 is 2.12 bits per heavy atom. The Kier molecular flexibility index (Phi) is 1.53. The molecule has 0 saturated carbocycles. The van der Waals surface area contributed by atoms with Crippen LogP contribution in [0.15, 0.2) is 34.7 Å². The summed E-state index contributed by atoms with van der Waals surface area (Å²) in [5, 5.41) is 3.64. The summed E-state index contributed by atoms with van der Waals surface area (Å²) >= 11 is 0. The Morgan fingerprint density at radius 3 is 2.75 bits per heavy atom. The normalized spacial score (nSPS) is 14.5. The SMILES string of the molecule is [2H]c1c([2H])c([2H])c(-c2noc(C)c2C(=O)OC)c([2H])c1[2H]. The largest absolute Gasteiger partial charge is 0.465 e. The maximum absolute atomic E-state index is 11.8. The van der Waals surface area contributed by atoms with E-state index in [0.717, 1.165) is 0 Å². The zero-order chi connectivity index (χ0) is 15.9. The van der Waals surface area contributed by atoms with Crippen molar-refractivity contribution in [3.05, 3.63) is 41.5 Å². The molecule has 82 valence electrons. The van der Waals surface area contributed by atoms with Gasteiger partial charge in [0.05, 0.1) is 14.0 Å². The van der Waals surface area contributed by atoms with Gasteiger partial charge in [-0.25, -0.2) is 4.79 Å². The third-order valence-electron chi connectivity index (χ3n) is 1.99. The molecule has 0 aliphatic rings. The van der Waals surface area contributed by atoms with E-state index in [0.29, 0.717) is 0 Å². The standard InChI is InChI=1S/C12H11NO3/c1-8-10(12(14)15-2)11(13-16-8)9-6-4-3-5-7-9/h3-7H,1-2H3/i3D,4D,5D,6D,7D. The molecule has 16 heavy (non-hydrogen) atoms. The van der Waals surface area contributed by atoms with Crippen molar-refractivity contribution >= 4 is 5.97 Å². The second kappa shape index (κ2) is 4.18. The average Bonchev–Trinajstić information content (AvgIpc) is 2.84. The first kappa shape index (κ1) is 5.84. The number of esters is 1. The van der Waals surface area contributed by atoms with E-state index in [9.17, 15) is 4.79 Å². The summed E-state index contributed by atoms with van der Waals surface area (Å²) < 4.78 is 48.1. The lowest BCUT2D eigenvalue weighted by molar-refractivity contribution is 0.0599. The fourth-order valence-electron chi connectivity index (χ4n) is 1.25. The van der Waals surface area contributed by atoms with Crippen LogP contribution < -0.4 is 0 Å². The molecule has 4 nitrogen and oxygen atoms in total. The summed E-state index contributed by atoms with van der Waals surface area (Å²) in [6.07, 6.45) is 0. The predicted molar refractivity (Wildman–Crippen MR) is 58.0 cm³/mol. The molecular formula is C12H11NO3. The Labute approximate surface area is 99.8 Å². The summed E-state index contributed by atoms with van der Waals surface area (Å²) in [4.78, 5) is 11.8. The van der Waals surface area contributed by atoms with Crippen LogP contribution in [0.4, 0.5) is 0 Å². The van der Waals surface area contributed by atoms with Crippen LogP contribution in [0, 0.1) is 6.92 Å². The molecule has 1 heterocycles. The quantitative estimate of drug-likeness (QED) is 0.732. The van der Waals surface area contributed by atoms with Gasteiger partial charge in [0.25, 0.3) is 0 Å². The topological polar surface area (TPSA) is 52.3 Å². The van der Waals surface area contributed by atoms with Gasteiger partial charge >= 0.3 is 5.97 Å². The van der Waals surface area contributed by atoms with Crippen molar-refractivity contribution in [1.29, 1.82) is 0 Å². The number of ether oxygens (including phenoxy) is 1. The number of nitrogens with zero attached hydrogens (tertiary/aromatic N) is 1. The minimum absolute atomic E-state index is 0.0592. The maximum Gasteiger partial charge on any atom is 0.343 e. The van der Waals surface area contributed by atoms with Crippen LogP contribution in [-0.2, 0) is 4.74 Å². The molecule has 0 amide bonds. The van der Waals surface area contributed by atoms with Crippen LogP contribution in [0.1, 0.15) is 23.0 Å². The smallest absolute Gasteiger partial charge is 0.343 e. The van der Waals surface area contributed by atoms with Crippen molar-refractivity contribution in [3.8, 4) is 11.3 Å². The van der Waals surface area contributed by atoms with Gasteiger partial charge in [-0.1, -0.05) is 35.4 Å². The van der Waals surface area contributed by atoms with Crippen LogP contribution >= 0.6 is 0 Å². The zero-order valence-corrected chi connectivity index (χ0v) is 8.67. The van der Waals surface area contributed by atoms with Gasteiger partial charge in [-0.2, -0.15) is 0 Å². The molecule has 0 spiro atoms. The van der Waals surface area contributed by atoms with E-state index in [4.69, 9.17) is 11.4 Å². The highest BCUT2D eigenvalue weighted by Crippen LogP contribution is 2.25. The van der Waals surface area contributed by atoms with E-state index in [1.165, 1.54) is 14.0 Å². The van der Waals surface area contributed by atoms with Crippen molar-refractivity contribution in [2.24, 2.45) is 0 Å². The number of hydrogen-bond acceptors (Lipinski definition) is 4. The zero-order valence-electron chi connectivity index (χ0n) is 13.7. The highest BCUT2D eigenvalue weighted by molar-refractivity contribution is 5.96. The first-order valence-electron chi connectivity index (χ1n) is 6.93. The van der Waals surface area contributed by atoms with Gasteiger partial charge in [0.2, 0.25) is 0 Å². The maximum atomic E-state index is 11.8. The Balaban J connectivity index is 2.84. The summed E-state index contributed by atoms with van der Waals surface area (Å²) in [6, 6.07) is -2.46. The van der Waals surface area contributed by atoms with Crippen LogP contribution in [0.5, 0.6) is 0 Å². The summed E-state index contributed by atoms with van der Waals surface area (Å²) in [5.74, 6) is -0.612. The molecule has 0 aliphatic heterocycles. The van der Waals surface area contributed by atoms with Crippen molar-refractivity contribution < 1.29 is 20.9 Å². The van der Waals surface area contributed by atoms with Crippen LogP contribution in [0.25, 0.3) is 11.3 Å². The van der Waals surface area contributed by atoms with Gasteiger partial charge in [0, 0.05) is 5.56 Å². The Hall–Kier alpha value is -2.10. The average molecular weight is 222 g/mol. The molecule has 0 atom stereocenters. The van der Waals surface area contributed by atoms with E-state index in [-0.39, 0.29) is 22.6 Å². The molecule has 0 bridgehead atoms. The van der Waals surface area contributed by atoms with Gasteiger partial charge < -0.3 is 9.26 Å². The van der Waals surface area contributed by atoms with Crippen LogP contribution in [-0.4, -0.2) is 18.2 Å². The number of methoxy groups -OCH3 is 1. The van der Waals surface area contributed by atoms with Gasteiger partial charge in [-0.3, -0.25) is 0 Å². The van der Waals surface area contributed by atoms with Gasteiger partial charge in [-0.05, 0) is 6.92 Å². The number of aromatic nitrogens is 1. The van der Waals surface area contributed by atoms with Crippen molar-refractivity contribution in [3.63, 3.8) is 0 Å². The number of carbonyl (C=O) groups is 1. The molecular weight excluding hydrogens is 206 g/mol. The number of rotatable bonds is 2. The lowest BCUT2D eigenvalue weighted by atomic mass is 10.1. The molecule has 1 aromatic carbocycles. The highest BCUT2D eigenvalue weighted by atomic mass is 16.5. The first-order chi connectivity index (χ1) is 9.81. The molecule has 4 heteroatoms. The second-order valence-electron chi connectivity index (χ2n) is 2.95. The van der Waals surface area contributed by atoms with Crippen LogP contribution in [0.3, 0.4) is 0 Å². The summed E-state index contributed by atoms with van der Waals surface area (Å²) in [7, 11) is 1.17. The van der Waals surface area contributed by atoms with Crippen molar-refractivity contribution in [2.75, 3.05) is 7.11 Å². The third-order valence-corrected chi connectivity index (χ3v) is 1.99. The molecule has 2 rings (SSSR count). The van der Waals surface area contributed by atoms with E-state index >= 15 is 0 Å². The number of aryl methyl sites for hydroxylation is 1. The number of hydrogen-bond donors (Lipinski definition) is 0. The van der Waals surface area contributed by atoms with E-state index in [1.807, 2.05) is 0 Å².